The Bertz CT molecular complexity index is 3720. The summed E-state index contributed by atoms with van der Waals surface area (Å²) in [6.45, 7) is 1.48. The molecular weight excluding hydrogens is 1180 g/mol. The van der Waals surface area contributed by atoms with E-state index >= 15 is 0 Å². The molecule has 0 radical (unpaired) electrons. The maximum atomic E-state index is 13.9. The van der Waals surface area contributed by atoms with Gasteiger partial charge >= 0.3 is 54.0 Å². The molecule has 0 spiro atoms. The smallest absolute Gasteiger partial charge is 0.390 e. The molecule has 4 aromatic rings. The first-order valence-electron chi connectivity index (χ1n) is 24.0. The fourth-order valence-corrected chi connectivity index (χ4v) is 12.1. The van der Waals surface area contributed by atoms with E-state index in [9.17, 15) is 86.2 Å². The summed E-state index contributed by atoms with van der Waals surface area (Å²) in [6.07, 6.45) is -15.6. The van der Waals surface area contributed by atoms with Crippen LogP contribution in [0.15, 0.2) is 63.1 Å². The monoisotopic (exact) mass is 1230 g/mol. The molecule has 41 heteroatoms. The van der Waals surface area contributed by atoms with Crippen LogP contribution in [0, 0.1) is 27.7 Å². The highest BCUT2D eigenvalue weighted by molar-refractivity contribution is 7.48. The van der Waals surface area contributed by atoms with Crippen molar-refractivity contribution in [3.8, 4) is 0 Å². The van der Waals surface area contributed by atoms with Crippen molar-refractivity contribution in [2.24, 2.45) is 0 Å². The standard InChI is InChI=1S/C40H54N8O29P4/c1-17-9-45(37(54)41-33(17)50)29-5-21(49)25(71-29)13-68-79(61,62)76-23-7-31(47-11-19(3)35(52)43-39(47)56)73-27(23)15-70-81(65,66)77-24-8-32(48-12-20(4)36(53)44-40(48)57)74-28(24)16-69-80(63,64)75-22-6-30(72-26(22)14-67-78(58,59)60)46-10-18(2)34(51)42-38(46)55/h9-12,21-32,49H,5-8,13-16H2,1-4H3,(H,61,62)(H,63,64)(H,65,66)(H,41,50,54)(H,42,51,55)(H,43,52,56)(H,44,53,57)(H2,58,59,60)/t21-,22-,23-,24-,25+,26+,27+,28+,29+,30+,31+,32+/m0/s1. The number of rotatable bonds is 22. The normalized spacial score (nSPS) is 29.2. The van der Waals surface area contributed by atoms with Gasteiger partial charge in [-0.2, -0.15) is 0 Å². The van der Waals surface area contributed by atoms with Crippen molar-refractivity contribution in [3.63, 3.8) is 0 Å². The molecule has 81 heavy (non-hydrogen) atoms. The lowest BCUT2D eigenvalue weighted by atomic mass is 10.2. The second-order valence-electron chi connectivity index (χ2n) is 19.0. The number of aliphatic hydroxyl groups excluding tert-OH is 1. The topological polar surface area (TPSA) is 511 Å². The maximum Gasteiger partial charge on any atom is 0.472 e. The second kappa shape index (κ2) is 24.3. The van der Waals surface area contributed by atoms with Gasteiger partial charge in [0.15, 0.2) is 0 Å². The molecule has 3 unspecified atom stereocenters. The Morgan fingerprint density at radius 3 is 0.963 bits per heavy atom. The van der Waals surface area contributed by atoms with Crippen molar-refractivity contribution in [2.45, 2.75) is 127 Å². The summed E-state index contributed by atoms with van der Waals surface area (Å²) in [5, 5.41) is 10.7. The third-order valence-corrected chi connectivity index (χ3v) is 16.5. The number of aryl methyl sites for hydroxylation is 4. The number of phosphoric acid groups is 4. The molecule has 10 N–H and O–H groups in total. The number of aromatic nitrogens is 8. The fourth-order valence-electron chi connectivity index (χ4n) is 8.91. The first-order chi connectivity index (χ1) is 37.7. The van der Waals surface area contributed by atoms with E-state index < -0.39 is 196 Å². The maximum absolute atomic E-state index is 13.9. The number of ether oxygens (including phenoxy) is 4. The van der Waals surface area contributed by atoms with Gasteiger partial charge in [-0.3, -0.25) is 89.0 Å². The van der Waals surface area contributed by atoms with E-state index in [1.807, 2.05) is 9.97 Å². The Morgan fingerprint density at radius 1 is 0.432 bits per heavy atom. The van der Waals surface area contributed by atoms with Crippen LogP contribution in [0.3, 0.4) is 0 Å². The average molecular weight is 1230 g/mol. The highest BCUT2D eigenvalue weighted by atomic mass is 31.2. The molecule has 8 rings (SSSR count). The van der Waals surface area contributed by atoms with E-state index in [0.717, 1.165) is 36.9 Å². The van der Waals surface area contributed by atoms with Crippen LogP contribution in [-0.2, 0) is 68.9 Å². The quantitative estimate of drug-likeness (QED) is 0.0365. The van der Waals surface area contributed by atoms with E-state index in [2.05, 4.69) is 14.5 Å². The van der Waals surface area contributed by atoms with Gasteiger partial charge in [-0.05, 0) is 27.7 Å². The van der Waals surface area contributed by atoms with Gasteiger partial charge in [0.1, 0.15) is 67.6 Å². The Balaban J connectivity index is 0.976. The molecule has 0 aromatic carbocycles. The lowest BCUT2D eigenvalue weighted by Gasteiger charge is -2.25. The Kier molecular flexibility index (Phi) is 18.6. The van der Waals surface area contributed by atoms with Crippen molar-refractivity contribution in [3.05, 3.63) is 130 Å². The van der Waals surface area contributed by atoms with Gasteiger partial charge in [0.05, 0.1) is 32.5 Å². The van der Waals surface area contributed by atoms with Crippen LogP contribution in [0.2, 0.25) is 0 Å². The van der Waals surface area contributed by atoms with Crippen LogP contribution < -0.4 is 45.0 Å². The van der Waals surface area contributed by atoms with Crippen LogP contribution in [-0.4, -0.2) is 143 Å². The van der Waals surface area contributed by atoms with Crippen LogP contribution in [0.5, 0.6) is 0 Å². The highest BCUT2D eigenvalue weighted by Gasteiger charge is 2.49. The van der Waals surface area contributed by atoms with E-state index in [1.165, 1.54) is 33.9 Å². The van der Waals surface area contributed by atoms with Gasteiger partial charge in [-0.25, -0.2) is 37.4 Å². The molecule has 0 bridgehead atoms. The molecule has 15 atom stereocenters. The summed E-state index contributed by atoms with van der Waals surface area (Å²) in [6, 6.07) is 0. The van der Waals surface area contributed by atoms with Gasteiger partial charge in [0.25, 0.3) is 22.2 Å². The predicted molar refractivity (Wildman–Crippen MR) is 264 cm³/mol. The number of hydrogen-bond donors (Lipinski definition) is 10. The summed E-state index contributed by atoms with van der Waals surface area (Å²) < 4.78 is 116. The zero-order valence-corrected chi connectivity index (χ0v) is 46.1. The molecule has 4 aliphatic heterocycles. The molecule has 0 amide bonds. The molecule has 448 valence electrons. The number of hydrogen-bond acceptors (Lipinski definition) is 24. The van der Waals surface area contributed by atoms with Gasteiger partial charge in [0, 0.05) is 72.7 Å². The molecule has 8 heterocycles. The van der Waals surface area contributed by atoms with E-state index in [0.29, 0.717) is 0 Å². The number of nitrogens with one attached hydrogen (secondary N) is 4. The first-order valence-corrected chi connectivity index (χ1v) is 30.0. The lowest BCUT2D eigenvalue weighted by Crippen LogP contribution is -2.33. The zero-order chi connectivity index (χ0) is 59.3. The molecule has 4 fully saturated rings. The molecular formula is C40H54N8O29P4. The summed E-state index contributed by atoms with van der Waals surface area (Å²) in [7, 11) is -21.4. The first kappa shape index (κ1) is 62.0. The SMILES string of the molecule is Cc1cn([C@H]2C[C@H](OP(=O)(O)OC[C@H]3O[C@@H](n4cc(C)c(=O)[nH]c4=O)C[C@@H]3OP(=O)(O)OC[C@H]3O[C@@H](n4cc(C)c(=O)[nH]c4=O)C[C@@H]3OP(=O)(O)OC[C@H]3O[C@@H](n4cc(C)c(=O)[nH]c4=O)C[C@@H]3O)[C@@H](COP(=O)(O)O)O2)c(=O)[nH]c1=O. The lowest BCUT2D eigenvalue weighted by molar-refractivity contribution is -0.0638. The van der Waals surface area contributed by atoms with Crippen molar-refractivity contribution in [1.29, 1.82) is 0 Å². The number of aliphatic hydroxyl groups is 1. The molecule has 0 saturated carbocycles. The van der Waals surface area contributed by atoms with Gasteiger partial charge in [0.2, 0.25) is 0 Å². The Morgan fingerprint density at radius 2 is 0.679 bits per heavy atom. The minimum absolute atomic E-state index is 0.00833. The van der Waals surface area contributed by atoms with Gasteiger partial charge in [-0.1, -0.05) is 0 Å². The summed E-state index contributed by atoms with van der Waals surface area (Å²) >= 11 is 0. The molecule has 4 aromatic heterocycles. The summed E-state index contributed by atoms with van der Waals surface area (Å²) in [4.78, 5) is 159. The number of nitrogens with zero attached hydrogens (tertiary/aromatic N) is 4. The molecule has 37 nitrogen and oxygen atoms in total. The Labute approximate surface area is 450 Å². The summed E-state index contributed by atoms with van der Waals surface area (Å²) in [5.41, 5.74) is -6.70. The minimum atomic E-state index is -5.50. The van der Waals surface area contributed by atoms with Crippen LogP contribution >= 0.6 is 31.3 Å². The zero-order valence-electron chi connectivity index (χ0n) is 42.5. The largest absolute Gasteiger partial charge is 0.472 e. The second-order valence-corrected chi connectivity index (χ2v) is 24.4. The van der Waals surface area contributed by atoms with Crippen LogP contribution in [0.25, 0.3) is 0 Å². The minimum Gasteiger partial charge on any atom is -0.390 e. The predicted octanol–water partition coefficient (Wildman–Crippen LogP) is -2.45. The number of phosphoric ester groups is 4. The van der Waals surface area contributed by atoms with Gasteiger partial charge in [-0.15, -0.1) is 0 Å². The van der Waals surface area contributed by atoms with Crippen LogP contribution in [0.1, 0.15) is 72.8 Å². The number of H-pyrrole nitrogens is 4. The van der Waals surface area contributed by atoms with E-state index in [1.54, 1.807) is 0 Å². The van der Waals surface area contributed by atoms with Crippen LogP contribution in [0.4, 0.5) is 0 Å². The van der Waals surface area contributed by atoms with Gasteiger partial charge < -0.3 is 48.5 Å². The van der Waals surface area contributed by atoms with Crippen molar-refractivity contribution in [1.82, 2.24) is 38.2 Å². The Hall–Kier alpha value is -5.04. The number of aromatic amines is 4. The molecule has 4 saturated heterocycles. The third-order valence-electron chi connectivity index (χ3n) is 13.0. The van der Waals surface area contributed by atoms with Crippen molar-refractivity contribution >= 4 is 31.3 Å². The highest BCUT2D eigenvalue weighted by Crippen LogP contribution is 2.54. The van der Waals surface area contributed by atoms with Crippen molar-refractivity contribution < 1.29 is 98.4 Å². The van der Waals surface area contributed by atoms with E-state index in [4.69, 9.17) is 46.1 Å². The van der Waals surface area contributed by atoms with E-state index in [-0.39, 0.29) is 28.7 Å². The average Bonchev–Trinajstić information content (AvgIpc) is 4.21. The van der Waals surface area contributed by atoms with Crippen molar-refractivity contribution in [2.75, 3.05) is 26.4 Å². The molecule has 4 aliphatic rings. The third kappa shape index (κ3) is 15.2. The summed E-state index contributed by atoms with van der Waals surface area (Å²) in [5.74, 6) is 0. The fraction of sp³-hybridized carbons (Fsp3) is 0.600. The molecule has 0 aliphatic carbocycles.